The third-order valence-corrected chi connectivity index (χ3v) is 14.1. The molecule has 4 heteroatoms. The fourth-order valence-corrected chi connectivity index (χ4v) is 11.5. The Kier molecular flexibility index (Phi) is 5.94. The van der Waals surface area contributed by atoms with Gasteiger partial charge in [-0.15, -0.1) is 0 Å². The molecule has 4 nitrogen and oxygen atoms in total. The van der Waals surface area contributed by atoms with Crippen LogP contribution in [0.1, 0.15) is 118 Å². The lowest BCUT2D eigenvalue weighted by Crippen LogP contribution is -2.65. The van der Waals surface area contributed by atoms with Gasteiger partial charge in [0.15, 0.2) is 0 Å². The van der Waals surface area contributed by atoms with Crippen LogP contribution in [0.25, 0.3) is 5.57 Å². The van der Waals surface area contributed by atoms with Gasteiger partial charge < -0.3 is 10.8 Å². The number of Topliss-reactive ketones (excluding diaryl/α,β-unsaturated/α-hetero) is 1. The van der Waals surface area contributed by atoms with E-state index >= 15 is 0 Å². The maximum Gasteiger partial charge on any atom is 0.310 e. The number of ketones is 1. The zero-order valence-electron chi connectivity index (χ0n) is 26.0. The lowest BCUT2D eigenvalue weighted by atomic mass is 9.32. The average molecular weight is 546 g/mol. The van der Waals surface area contributed by atoms with E-state index in [1.54, 1.807) is 0 Å². The van der Waals surface area contributed by atoms with Gasteiger partial charge in [0, 0.05) is 17.5 Å². The van der Waals surface area contributed by atoms with Crippen LogP contribution in [0.3, 0.4) is 0 Å². The minimum Gasteiger partial charge on any atom is -0.481 e. The van der Waals surface area contributed by atoms with Crippen LogP contribution in [0.15, 0.2) is 29.8 Å². The van der Waals surface area contributed by atoms with Crippen molar-refractivity contribution in [1.29, 1.82) is 0 Å². The van der Waals surface area contributed by atoms with E-state index in [0.717, 1.165) is 63.5 Å². The van der Waals surface area contributed by atoms with Gasteiger partial charge in [0.1, 0.15) is 5.78 Å². The van der Waals surface area contributed by atoms with Gasteiger partial charge in [0.05, 0.1) is 5.41 Å². The predicted molar refractivity (Wildman–Crippen MR) is 161 cm³/mol. The molecule has 0 aliphatic heterocycles. The Morgan fingerprint density at radius 1 is 0.925 bits per heavy atom. The summed E-state index contributed by atoms with van der Waals surface area (Å²) < 4.78 is 0. The molecular weight excluding hydrogens is 494 g/mol. The summed E-state index contributed by atoms with van der Waals surface area (Å²) in [6.07, 6.45) is 9.13. The van der Waals surface area contributed by atoms with Crippen molar-refractivity contribution in [2.45, 2.75) is 113 Å². The van der Waals surface area contributed by atoms with Crippen molar-refractivity contribution in [3.63, 3.8) is 0 Å². The smallest absolute Gasteiger partial charge is 0.310 e. The molecule has 1 aromatic carbocycles. The van der Waals surface area contributed by atoms with Crippen molar-refractivity contribution < 1.29 is 14.7 Å². The summed E-state index contributed by atoms with van der Waals surface area (Å²) in [5.74, 6) is 0.690. The van der Waals surface area contributed by atoms with Gasteiger partial charge in [-0.2, -0.15) is 0 Å². The molecule has 5 aliphatic rings. The first-order valence-corrected chi connectivity index (χ1v) is 15.9. The summed E-state index contributed by atoms with van der Waals surface area (Å²) in [7, 11) is 0. The highest BCUT2D eigenvalue weighted by atomic mass is 16.4. The van der Waals surface area contributed by atoms with Gasteiger partial charge in [-0.3, -0.25) is 9.59 Å². The number of benzene rings is 1. The molecule has 0 heterocycles. The average Bonchev–Trinajstić information content (AvgIpc) is 2.86. The fourth-order valence-electron chi connectivity index (χ4n) is 11.5. The molecule has 0 amide bonds. The van der Waals surface area contributed by atoms with Crippen LogP contribution in [0.4, 0.5) is 5.69 Å². The van der Waals surface area contributed by atoms with E-state index in [9.17, 15) is 14.7 Å². The molecule has 0 aromatic heterocycles. The number of hydrogen-bond acceptors (Lipinski definition) is 3. The number of carboxylic acid groups (broad SMARTS) is 1. The monoisotopic (exact) mass is 545 g/mol. The zero-order chi connectivity index (χ0) is 29.1. The minimum absolute atomic E-state index is 0.0385. The summed E-state index contributed by atoms with van der Waals surface area (Å²) in [6, 6.07) is 8.37. The van der Waals surface area contributed by atoms with Gasteiger partial charge >= 0.3 is 5.97 Å². The third-order valence-electron chi connectivity index (χ3n) is 14.1. The lowest BCUT2D eigenvalue weighted by molar-refractivity contribution is -0.188. The summed E-state index contributed by atoms with van der Waals surface area (Å²) in [5.41, 5.74) is 10.4. The molecule has 218 valence electrons. The number of hydrogen-bond donors (Lipinski definition) is 2. The topological polar surface area (TPSA) is 80.4 Å². The standard InChI is InChI=1S/C36H51NO3/c1-31(2)15-17-36(30(39)40)18-16-35(7)29(25(36)21-31)24(22-9-8-10-23(37)19-22)20-27-33(5)13-12-28(38)32(3,4)26(33)11-14-34(27,35)6/h8-10,19,25-27H,11-18,20-21,37H2,1-7H3,(H,39,40). The number of allylic oxidation sites excluding steroid dienone is 2. The van der Waals surface area contributed by atoms with Gasteiger partial charge in [0.2, 0.25) is 0 Å². The molecule has 4 saturated carbocycles. The van der Waals surface area contributed by atoms with Gasteiger partial charge in [0.25, 0.3) is 0 Å². The van der Waals surface area contributed by atoms with Crippen molar-refractivity contribution in [1.82, 2.24) is 0 Å². The highest BCUT2D eigenvalue weighted by Gasteiger charge is 2.70. The number of carbonyl (C=O) groups is 2. The van der Waals surface area contributed by atoms with Crippen molar-refractivity contribution in [3.05, 3.63) is 35.4 Å². The molecule has 0 saturated heterocycles. The van der Waals surface area contributed by atoms with E-state index in [1.807, 2.05) is 6.07 Å². The second-order valence-electron chi connectivity index (χ2n) is 16.6. The number of nitrogens with two attached hydrogens (primary N) is 1. The SMILES string of the molecule is CC1(C)CCC2(C(=O)O)CCC3(C)C(=C(c4cccc(N)c4)CC4C5(C)CCC(=O)C(C)(C)C5CCC43C)C2C1. The van der Waals surface area contributed by atoms with Crippen molar-refractivity contribution in [2.24, 2.45) is 50.2 Å². The quantitative estimate of drug-likeness (QED) is 0.365. The molecule has 4 fully saturated rings. The minimum atomic E-state index is -0.681. The Balaban J connectivity index is 1.62. The number of anilines is 1. The van der Waals surface area contributed by atoms with Crippen LogP contribution < -0.4 is 5.73 Å². The van der Waals surface area contributed by atoms with Crippen LogP contribution in [0.2, 0.25) is 0 Å². The number of nitrogen functional groups attached to an aromatic ring is 1. The summed E-state index contributed by atoms with van der Waals surface area (Å²) >= 11 is 0. The molecule has 1 aromatic rings. The second-order valence-corrected chi connectivity index (χ2v) is 16.6. The second kappa shape index (κ2) is 8.48. The Morgan fingerprint density at radius 2 is 1.62 bits per heavy atom. The van der Waals surface area contributed by atoms with Crippen LogP contribution in [0.5, 0.6) is 0 Å². The van der Waals surface area contributed by atoms with E-state index < -0.39 is 11.4 Å². The molecule has 7 atom stereocenters. The van der Waals surface area contributed by atoms with E-state index in [2.05, 4.69) is 66.7 Å². The summed E-state index contributed by atoms with van der Waals surface area (Å²) in [4.78, 5) is 26.4. The number of rotatable bonds is 2. The molecule has 5 aliphatic carbocycles. The molecule has 0 bridgehead atoms. The Bertz CT molecular complexity index is 1310. The molecule has 40 heavy (non-hydrogen) atoms. The molecular formula is C36H51NO3. The van der Waals surface area contributed by atoms with Crippen LogP contribution in [-0.4, -0.2) is 16.9 Å². The first-order chi connectivity index (χ1) is 18.5. The normalized spacial score (nSPS) is 43.7. The largest absolute Gasteiger partial charge is 0.481 e. The first kappa shape index (κ1) is 28.0. The molecule has 0 spiro atoms. The number of carbonyl (C=O) groups excluding carboxylic acids is 1. The van der Waals surface area contributed by atoms with E-state index in [1.165, 1.54) is 16.7 Å². The maximum absolute atomic E-state index is 13.2. The third kappa shape index (κ3) is 3.49. The Hall–Kier alpha value is -2.10. The lowest BCUT2D eigenvalue weighted by Gasteiger charge is -2.71. The van der Waals surface area contributed by atoms with Gasteiger partial charge in [-0.1, -0.05) is 66.2 Å². The Morgan fingerprint density at radius 3 is 2.30 bits per heavy atom. The molecule has 0 radical (unpaired) electrons. The van der Waals surface area contributed by atoms with Crippen LogP contribution in [0, 0.1) is 50.2 Å². The van der Waals surface area contributed by atoms with E-state index in [0.29, 0.717) is 24.0 Å². The van der Waals surface area contributed by atoms with Crippen molar-refractivity contribution in [2.75, 3.05) is 5.73 Å². The molecule has 7 unspecified atom stereocenters. The van der Waals surface area contributed by atoms with Gasteiger partial charge in [-0.25, -0.2) is 0 Å². The Labute approximate surface area is 241 Å². The maximum atomic E-state index is 13.2. The highest BCUT2D eigenvalue weighted by Crippen LogP contribution is 2.77. The van der Waals surface area contributed by atoms with Crippen LogP contribution in [-0.2, 0) is 9.59 Å². The summed E-state index contributed by atoms with van der Waals surface area (Å²) in [5, 5.41) is 10.9. The molecule has 3 N–H and O–H groups in total. The highest BCUT2D eigenvalue weighted by molar-refractivity contribution is 5.86. The van der Waals surface area contributed by atoms with E-state index in [-0.39, 0.29) is 33.0 Å². The number of aliphatic carboxylic acids is 1. The predicted octanol–water partition coefficient (Wildman–Crippen LogP) is 8.55. The number of carboxylic acids is 1. The van der Waals surface area contributed by atoms with Gasteiger partial charge in [-0.05, 0) is 120 Å². The number of fused-ring (bicyclic) bond motifs is 7. The first-order valence-electron chi connectivity index (χ1n) is 15.9. The molecule has 6 rings (SSSR count). The van der Waals surface area contributed by atoms with Crippen molar-refractivity contribution in [3.8, 4) is 0 Å². The van der Waals surface area contributed by atoms with Crippen molar-refractivity contribution >= 4 is 23.0 Å². The van der Waals surface area contributed by atoms with Crippen LogP contribution >= 0.6 is 0 Å². The zero-order valence-corrected chi connectivity index (χ0v) is 26.0. The summed E-state index contributed by atoms with van der Waals surface area (Å²) in [6.45, 7) is 16.7. The fraction of sp³-hybridized carbons (Fsp3) is 0.722. The van der Waals surface area contributed by atoms with E-state index in [4.69, 9.17) is 5.73 Å².